The topological polar surface area (TPSA) is 180 Å². The van der Waals surface area contributed by atoms with Crippen molar-refractivity contribution in [2.75, 3.05) is 14.2 Å². The third kappa shape index (κ3) is 6.18. The second kappa shape index (κ2) is 11.5. The fourth-order valence-electron chi connectivity index (χ4n) is 3.28. The number of benzene rings is 2. The number of ether oxygens (including phenoxy) is 2. The second-order valence-electron chi connectivity index (χ2n) is 7.67. The minimum atomic E-state index is -0.653. The molecule has 0 atom stereocenters. The molecule has 0 radical (unpaired) electrons. The molecule has 0 spiro atoms. The van der Waals surface area contributed by atoms with Crippen LogP contribution in [0.1, 0.15) is 21.1 Å². The number of hydrogen-bond donors (Lipinski definition) is 4. The third-order valence-electron chi connectivity index (χ3n) is 5.14. The van der Waals surface area contributed by atoms with E-state index in [2.05, 4.69) is 20.8 Å². The Hall–Kier alpha value is -5.52. The summed E-state index contributed by atoms with van der Waals surface area (Å²) in [7, 11) is 3.13. The van der Waals surface area contributed by atoms with Crippen molar-refractivity contribution in [3.8, 4) is 34.1 Å². The van der Waals surface area contributed by atoms with Gasteiger partial charge in [0.1, 0.15) is 23.0 Å². The molecule has 6 N–H and O–H groups in total. The maximum absolute atomic E-state index is 12.4. The van der Waals surface area contributed by atoms with Gasteiger partial charge in [-0.15, -0.1) is 10.2 Å². The Balaban J connectivity index is 1.34. The highest BCUT2D eigenvalue weighted by atomic mass is 16.5. The molecular formula is C26H24N6O6. The number of guanidine groups is 2. The van der Waals surface area contributed by atoms with Gasteiger partial charge in [-0.1, -0.05) is 12.1 Å². The number of hydrogen-bond acceptors (Lipinski definition) is 8. The van der Waals surface area contributed by atoms with E-state index in [9.17, 15) is 9.59 Å². The summed E-state index contributed by atoms with van der Waals surface area (Å²) in [5, 5.41) is 11.8. The second-order valence-corrected chi connectivity index (χ2v) is 7.67. The minimum absolute atomic E-state index is 0.00305. The number of nitrogens with one attached hydrogen (secondary N) is 2. The van der Waals surface area contributed by atoms with Gasteiger partial charge in [0.2, 0.25) is 11.9 Å². The maximum Gasteiger partial charge on any atom is 0.293 e. The van der Waals surface area contributed by atoms with Gasteiger partial charge in [0.05, 0.1) is 14.2 Å². The van der Waals surface area contributed by atoms with E-state index in [1.165, 1.54) is 12.1 Å². The Morgan fingerprint density at radius 2 is 1.21 bits per heavy atom. The number of methoxy groups -OCH3 is 2. The van der Waals surface area contributed by atoms with Crippen LogP contribution in [-0.2, 0) is 0 Å². The zero-order valence-corrected chi connectivity index (χ0v) is 20.4. The lowest BCUT2D eigenvalue weighted by atomic mass is 10.2. The molecule has 194 valence electrons. The van der Waals surface area contributed by atoms with Gasteiger partial charge in [0, 0.05) is 11.1 Å². The van der Waals surface area contributed by atoms with Gasteiger partial charge in [-0.2, -0.15) is 0 Å². The number of carbonyl (C=O) groups is 2. The lowest BCUT2D eigenvalue weighted by molar-refractivity contribution is 0.0942. The van der Waals surface area contributed by atoms with Crippen LogP contribution in [0.2, 0.25) is 0 Å². The van der Waals surface area contributed by atoms with Crippen LogP contribution in [0.25, 0.3) is 22.6 Å². The average Bonchev–Trinajstić information content (AvgIpc) is 3.63. The lowest BCUT2D eigenvalue weighted by Crippen LogP contribution is -2.38. The summed E-state index contributed by atoms with van der Waals surface area (Å²) < 4.78 is 21.5. The van der Waals surface area contributed by atoms with E-state index in [-0.39, 0.29) is 23.4 Å². The first-order chi connectivity index (χ1) is 18.4. The van der Waals surface area contributed by atoms with E-state index in [0.717, 1.165) is 11.1 Å². The van der Waals surface area contributed by atoms with Crippen LogP contribution >= 0.6 is 0 Å². The third-order valence-corrected chi connectivity index (χ3v) is 5.14. The van der Waals surface area contributed by atoms with Crippen LogP contribution in [0.5, 0.6) is 11.5 Å². The van der Waals surface area contributed by atoms with Gasteiger partial charge in [-0.05, 0) is 60.7 Å². The van der Waals surface area contributed by atoms with Crippen LogP contribution in [0, 0.1) is 0 Å². The SMILES string of the molecule is COc1ccc(-c2ccc(C(=O)NC(N)=NN=C(N)NC(=O)c3ccc(-c4cccc(OC)c4)o3)o2)cc1. The zero-order valence-electron chi connectivity index (χ0n) is 20.4. The number of carbonyl (C=O) groups excluding carboxylic acids is 2. The molecule has 38 heavy (non-hydrogen) atoms. The Labute approximate surface area is 216 Å². The minimum Gasteiger partial charge on any atom is -0.497 e. The monoisotopic (exact) mass is 516 g/mol. The molecule has 0 fully saturated rings. The van der Waals surface area contributed by atoms with Crippen LogP contribution in [0.15, 0.2) is 91.8 Å². The summed E-state index contributed by atoms with van der Waals surface area (Å²) in [6.07, 6.45) is 0. The predicted molar refractivity (Wildman–Crippen MR) is 140 cm³/mol. The van der Waals surface area contributed by atoms with Crippen LogP contribution < -0.4 is 31.6 Å². The number of nitrogens with zero attached hydrogens (tertiary/aromatic N) is 2. The first kappa shape index (κ1) is 25.6. The van der Waals surface area contributed by atoms with Gasteiger partial charge < -0.3 is 29.8 Å². The molecule has 4 aromatic rings. The molecule has 4 rings (SSSR count). The number of furan rings is 2. The standard InChI is InChI=1S/C26H24N6O6/c1-35-17-8-6-15(7-9-17)19-10-12-21(37-19)23(33)29-25(27)31-32-26(28)30-24(34)22-13-11-20(38-22)16-4-3-5-18(14-16)36-2/h3-14H,1-2H3,(H3,27,29,31,33)(H3,28,30,32,34). The van der Waals surface area contributed by atoms with Crippen LogP contribution in [-0.4, -0.2) is 38.0 Å². The maximum atomic E-state index is 12.4. The van der Waals surface area contributed by atoms with E-state index in [0.29, 0.717) is 23.0 Å². The summed E-state index contributed by atoms with van der Waals surface area (Å²) >= 11 is 0. The Morgan fingerprint density at radius 3 is 1.74 bits per heavy atom. The zero-order chi connectivity index (χ0) is 27.1. The van der Waals surface area contributed by atoms with Crippen LogP contribution in [0.3, 0.4) is 0 Å². The van der Waals surface area contributed by atoms with Crippen molar-refractivity contribution >= 4 is 23.7 Å². The highest BCUT2D eigenvalue weighted by Gasteiger charge is 2.15. The van der Waals surface area contributed by atoms with Gasteiger partial charge in [-0.3, -0.25) is 20.2 Å². The van der Waals surface area contributed by atoms with Gasteiger partial charge in [0.15, 0.2) is 11.5 Å². The van der Waals surface area contributed by atoms with E-state index >= 15 is 0 Å². The molecule has 12 nitrogen and oxygen atoms in total. The molecule has 0 saturated heterocycles. The average molecular weight is 517 g/mol. The molecule has 0 aliphatic carbocycles. The molecule has 0 bridgehead atoms. The molecule has 2 amide bonds. The summed E-state index contributed by atoms with van der Waals surface area (Å²) in [5.74, 6) is 0.242. The van der Waals surface area contributed by atoms with E-state index in [4.69, 9.17) is 29.8 Å². The molecular weight excluding hydrogens is 492 g/mol. The van der Waals surface area contributed by atoms with Gasteiger partial charge in [-0.25, -0.2) is 0 Å². The van der Waals surface area contributed by atoms with Crippen molar-refractivity contribution in [1.82, 2.24) is 10.6 Å². The van der Waals surface area contributed by atoms with E-state index < -0.39 is 11.8 Å². The molecule has 0 aliphatic heterocycles. The largest absolute Gasteiger partial charge is 0.497 e. The van der Waals surface area contributed by atoms with Crippen molar-refractivity contribution in [3.63, 3.8) is 0 Å². The molecule has 2 heterocycles. The molecule has 0 aliphatic rings. The summed E-state index contributed by atoms with van der Waals surface area (Å²) in [6, 6.07) is 20.6. The van der Waals surface area contributed by atoms with E-state index in [1.807, 2.05) is 6.07 Å². The van der Waals surface area contributed by atoms with Crippen molar-refractivity contribution in [2.24, 2.45) is 21.7 Å². The van der Waals surface area contributed by atoms with Crippen molar-refractivity contribution in [2.45, 2.75) is 0 Å². The molecule has 0 unspecified atom stereocenters. The summed E-state index contributed by atoms with van der Waals surface area (Å²) in [6.45, 7) is 0. The van der Waals surface area contributed by atoms with Gasteiger partial charge in [0.25, 0.3) is 11.8 Å². The van der Waals surface area contributed by atoms with Crippen molar-refractivity contribution in [1.29, 1.82) is 0 Å². The molecule has 0 saturated carbocycles. The predicted octanol–water partition coefficient (Wildman–Crippen LogP) is 2.93. The first-order valence-corrected chi connectivity index (χ1v) is 11.1. The number of nitrogens with two attached hydrogens (primary N) is 2. The smallest absolute Gasteiger partial charge is 0.293 e. The fraction of sp³-hybridized carbons (Fsp3) is 0.0769. The summed E-state index contributed by atoms with van der Waals surface area (Å²) in [4.78, 5) is 24.8. The highest BCUT2D eigenvalue weighted by Crippen LogP contribution is 2.26. The lowest BCUT2D eigenvalue weighted by Gasteiger charge is -2.03. The van der Waals surface area contributed by atoms with Crippen molar-refractivity contribution in [3.05, 3.63) is 84.3 Å². The number of rotatable bonds is 7. The fourth-order valence-corrected chi connectivity index (χ4v) is 3.28. The molecule has 2 aromatic carbocycles. The van der Waals surface area contributed by atoms with Gasteiger partial charge >= 0.3 is 0 Å². The molecule has 12 heteroatoms. The number of amides is 2. The Morgan fingerprint density at radius 1 is 0.684 bits per heavy atom. The Kier molecular flexibility index (Phi) is 7.72. The van der Waals surface area contributed by atoms with Crippen LogP contribution in [0.4, 0.5) is 0 Å². The first-order valence-electron chi connectivity index (χ1n) is 11.1. The molecule has 2 aromatic heterocycles. The van der Waals surface area contributed by atoms with Crippen molar-refractivity contribution < 1.29 is 27.9 Å². The normalized spacial score (nSPS) is 11.6. The quantitative estimate of drug-likeness (QED) is 0.164. The van der Waals surface area contributed by atoms with E-state index in [1.54, 1.807) is 68.8 Å². The summed E-state index contributed by atoms with van der Waals surface area (Å²) in [5.41, 5.74) is 12.9. The highest BCUT2D eigenvalue weighted by molar-refractivity contribution is 6.05. The Bertz CT molecular complexity index is 1500.